The lowest BCUT2D eigenvalue weighted by Crippen LogP contribution is -2.60. The minimum Gasteiger partial charge on any atom is -0.481 e. The van der Waals surface area contributed by atoms with Crippen LogP contribution in [0.25, 0.3) is 0 Å². The summed E-state index contributed by atoms with van der Waals surface area (Å²) in [6.45, 7) is 8.74. The van der Waals surface area contributed by atoms with Gasteiger partial charge in [0.25, 0.3) is 0 Å². The van der Waals surface area contributed by atoms with Crippen molar-refractivity contribution in [3.05, 3.63) is 0 Å². The number of aliphatic carboxylic acids is 1. The van der Waals surface area contributed by atoms with Gasteiger partial charge in [-0.25, -0.2) is 0 Å². The second-order valence-electron chi connectivity index (χ2n) is 6.92. The average Bonchev–Trinajstić information content (AvgIpc) is 2.43. The van der Waals surface area contributed by atoms with E-state index >= 15 is 0 Å². The van der Waals surface area contributed by atoms with Crippen LogP contribution >= 0.6 is 0 Å². The number of rotatable bonds is 3. The summed E-state index contributed by atoms with van der Waals surface area (Å²) < 4.78 is 0. The Bertz CT molecular complexity index is 335. The Balaban J connectivity index is 2.11. The number of piperazine rings is 1. The number of hydrogen-bond acceptors (Lipinski definition) is 3. The molecule has 2 aliphatic rings. The molecule has 0 aromatic heterocycles. The molecule has 4 nitrogen and oxygen atoms in total. The van der Waals surface area contributed by atoms with Gasteiger partial charge in [0.1, 0.15) is 0 Å². The minimum atomic E-state index is -0.594. The summed E-state index contributed by atoms with van der Waals surface area (Å²) in [4.78, 5) is 16.5. The monoisotopic (exact) mass is 282 g/mol. The first-order valence-electron chi connectivity index (χ1n) is 8.12. The highest BCUT2D eigenvalue weighted by molar-refractivity contribution is 5.71. The van der Waals surface area contributed by atoms with Crippen LogP contribution in [0, 0.1) is 11.8 Å². The van der Waals surface area contributed by atoms with Gasteiger partial charge in [0.15, 0.2) is 0 Å². The zero-order valence-electron chi connectivity index (χ0n) is 13.4. The molecule has 0 aromatic carbocycles. The third-order valence-corrected chi connectivity index (χ3v) is 5.68. The maximum absolute atomic E-state index is 11.6. The van der Waals surface area contributed by atoms with E-state index in [1.807, 2.05) is 0 Å². The van der Waals surface area contributed by atoms with Crippen molar-refractivity contribution in [3.8, 4) is 0 Å². The van der Waals surface area contributed by atoms with Gasteiger partial charge in [-0.15, -0.1) is 0 Å². The Morgan fingerprint density at radius 3 is 2.30 bits per heavy atom. The Labute approximate surface area is 123 Å². The van der Waals surface area contributed by atoms with Gasteiger partial charge in [-0.05, 0) is 46.1 Å². The lowest BCUT2D eigenvalue weighted by Gasteiger charge is -2.49. The largest absolute Gasteiger partial charge is 0.481 e. The Morgan fingerprint density at radius 2 is 1.80 bits per heavy atom. The highest BCUT2D eigenvalue weighted by Crippen LogP contribution is 2.35. The van der Waals surface area contributed by atoms with Crippen LogP contribution in [0.5, 0.6) is 0 Å². The predicted octanol–water partition coefficient (Wildman–Crippen LogP) is 2.29. The summed E-state index contributed by atoms with van der Waals surface area (Å²) in [7, 11) is 2.18. The van der Waals surface area contributed by atoms with Crippen molar-refractivity contribution in [2.24, 2.45) is 11.8 Å². The zero-order valence-corrected chi connectivity index (χ0v) is 13.4. The van der Waals surface area contributed by atoms with E-state index in [9.17, 15) is 9.90 Å². The molecular formula is C16H30N2O2. The van der Waals surface area contributed by atoms with Crippen LogP contribution in [0.1, 0.15) is 46.5 Å². The fourth-order valence-electron chi connectivity index (χ4n) is 4.01. The van der Waals surface area contributed by atoms with Crippen molar-refractivity contribution in [1.29, 1.82) is 0 Å². The van der Waals surface area contributed by atoms with Crippen LogP contribution in [0.15, 0.2) is 0 Å². The van der Waals surface area contributed by atoms with Crippen LogP contribution in [0.2, 0.25) is 0 Å². The molecular weight excluding hydrogens is 252 g/mol. The summed E-state index contributed by atoms with van der Waals surface area (Å²) in [6.07, 6.45) is 4.19. The van der Waals surface area contributed by atoms with Crippen molar-refractivity contribution in [1.82, 2.24) is 9.80 Å². The molecule has 2 rings (SSSR count). The number of carbonyl (C=O) groups is 1. The van der Waals surface area contributed by atoms with Gasteiger partial charge < -0.3 is 5.11 Å². The Morgan fingerprint density at radius 1 is 1.20 bits per heavy atom. The van der Waals surface area contributed by atoms with Gasteiger partial charge in [-0.3, -0.25) is 14.6 Å². The van der Waals surface area contributed by atoms with Crippen LogP contribution in [-0.4, -0.2) is 59.1 Å². The highest BCUT2D eigenvalue weighted by atomic mass is 16.4. The zero-order chi connectivity index (χ0) is 14.9. The average molecular weight is 282 g/mol. The first kappa shape index (κ1) is 15.8. The number of nitrogens with zero attached hydrogens (tertiary/aromatic N) is 2. The van der Waals surface area contributed by atoms with Gasteiger partial charge in [-0.1, -0.05) is 13.3 Å². The summed E-state index contributed by atoms with van der Waals surface area (Å²) in [5.74, 6) is -0.0507. The number of carboxylic acids is 1. The van der Waals surface area contributed by atoms with Crippen LogP contribution in [-0.2, 0) is 4.79 Å². The molecule has 0 radical (unpaired) electrons. The molecule has 0 amide bonds. The lowest BCUT2D eigenvalue weighted by molar-refractivity contribution is -0.147. The smallest absolute Gasteiger partial charge is 0.308 e. The van der Waals surface area contributed by atoms with E-state index in [2.05, 4.69) is 37.6 Å². The summed E-state index contributed by atoms with van der Waals surface area (Å²) in [6, 6.07) is 1.26. The van der Waals surface area contributed by atoms with E-state index < -0.39 is 5.97 Å². The summed E-state index contributed by atoms with van der Waals surface area (Å²) in [5.41, 5.74) is 0. The SMILES string of the molecule is CCC1CCC(C(=O)O)C(N2CC(C)N(C)C(C)C2)C1. The van der Waals surface area contributed by atoms with Crippen molar-refractivity contribution < 1.29 is 9.90 Å². The molecule has 1 N–H and O–H groups in total. The maximum Gasteiger partial charge on any atom is 0.308 e. The molecule has 116 valence electrons. The second kappa shape index (κ2) is 6.44. The van der Waals surface area contributed by atoms with Gasteiger partial charge >= 0.3 is 5.97 Å². The molecule has 0 bridgehead atoms. The highest BCUT2D eigenvalue weighted by Gasteiger charge is 2.40. The molecule has 5 atom stereocenters. The van der Waals surface area contributed by atoms with Gasteiger partial charge in [0, 0.05) is 31.2 Å². The molecule has 20 heavy (non-hydrogen) atoms. The standard InChI is InChI=1S/C16H30N2O2/c1-5-13-6-7-14(16(19)20)15(8-13)18-9-11(2)17(4)12(3)10-18/h11-15H,5-10H2,1-4H3,(H,19,20). The topological polar surface area (TPSA) is 43.8 Å². The Hall–Kier alpha value is -0.610. The first-order chi connectivity index (χ1) is 9.43. The van der Waals surface area contributed by atoms with E-state index in [0.717, 1.165) is 32.4 Å². The molecule has 1 aliphatic carbocycles. The minimum absolute atomic E-state index is 0.166. The van der Waals surface area contributed by atoms with E-state index in [4.69, 9.17) is 0 Å². The second-order valence-corrected chi connectivity index (χ2v) is 6.92. The Kier molecular flexibility index (Phi) is 5.08. The fourth-order valence-corrected chi connectivity index (χ4v) is 4.01. The molecule has 4 heteroatoms. The van der Waals surface area contributed by atoms with Crippen LogP contribution in [0.4, 0.5) is 0 Å². The van der Waals surface area contributed by atoms with E-state index in [-0.39, 0.29) is 12.0 Å². The maximum atomic E-state index is 11.6. The summed E-state index contributed by atoms with van der Waals surface area (Å²) in [5, 5.41) is 9.54. The molecule has 1 aliphatic heterocycles. The summed E-state index contributed by atoms with van der Waals surface area (Å²) >= 11 is 0. The lowest BCUT2D eigenvalue weighted by atomic mass is 9.76. The van der Waals surface area contributed by atoms with Crippen molar-refractivity contribution in [3.63, 3.8) is 0 Å². The van der Waals surface area contributed by atoms with Crippen molar-refractivity contribution in [2.75, 3.05) is 20.1 Å². The van der Waals surface area contributed by atoms with E-state index in [0.29, 0.717) is 18.0 Å². The van der Waals surface area contributed by atoms with Gasteiger partial charge in [-0.2, -0.15) is 0 Å². The number of carboxylic acid groups (broad SMARTS) is 1. The van der Waals surface area contributed by atoms with Crippen molar-refractivity contribution in [2.45, 2.75) is 64.6 Å². The van der Waals surface area contributed by atoms with Gasteiger partial charge in [0.05, 0.1) is 5.92 Å². The number of likely N-dealkylation sites (N-methyl/N-ethyl adjacent to an activating group) is 1. The van der Waals surface area contributed by atoms with Crippen LogP contribution < -0.4 is 0 Å². The first-order valence-corrected chi connectivity index (χ1v) is 8.12. The van der Waals surface area contributed by atoms with E-state index in [1.54, 1.807) is 0 Å². The molecule has 2 fully saturated rings. The molecule has 1 heterocycles. The molecule has 1 saturated heterocycles. The predicted molar refractivity (Wildman–Crippen MR) is 80.8 cm³/mol. The third-order valence-electron chi connectivity index (χ3n) is 5.68. The van der Waals surface area contributed by atoms with E-state index in [1.165, 1.54) is 6.42 Å². The molecule has 0 spiro atoms. The molecule has 0 aromatic rings. The third kappa shape index (κ3) is 3.17. The van der Waals surface area contributed by atoms with Crippen molar-refractivity contribution >= 4 is 5.97 Å². The molecule has 1 saturated carbocycles. The van der Waals surface area contributed by atoms with Gasteiger partial charge in [0.2, 0.25) is 0 Å². The fraction of sp³-hybridized carbons (Fsp3) is 0.938. The molecule has 5 unspecified atom stereocenters. The van der Waals surface area contributed by atoms with Crippen LogP contribution in [0.3, 0.4) is 0 Å². The normalized spacial score (nSPS) is 40.7. The number of hydrogen-bond donors (Lipinski definition) is 1. The quantitative estimate of drug-likeness (QED) is 0.862.